The lowest BCUT2D eigenvalue weighted by Crippen LogP contribution is -2.35. The molecule has 0 aliphatic carbocycles. The number of ether oxygens (including phenoxy) is 1. The molecule has 1 atom stereocenters. The highest BCUT2D eigenvalue weighted by Crippen LogP contribution is 2.29. The number of non-ortho nitro benzene ring substituents is 1. The number of thiophene rings is 1. The molecule has 1 N–H and O–H groups in total. The molecule has 1 heterocycles. The van der Waals surface area contributed by atoms with Crippen LogP contribution in [0.2, 0.25) is 0 Å². The van der Waals surface area contributed by atoms with E-state index in [1.807, 2.05) is 30.3 Å². The Kier molecular flexibility index (Phi) is 5.46. The maximum absolute atomic E-state index is 12.3. The van der Waals surface area contributed by atoms with E-state index in [2.05, 4.69) is 5.32 Å². The first-order chi connectivity index (χ1) is 12.9. The van der Waals surface area contributed by atoms with Gasteiger partial charge in [0.15, 0.2) is 6.10 Å². The van der Waals surface area contributed by atoms with Gasteiger partial charge >= 0.3 is 5.97 Å². The Balaban J connectivity index is 1.62. The van der Waals surface area contributed by atoms with Crippen molar-refractivity contribution >= 4 is 39.0 Å². The largest absolute Gasteiger partial charge is 0.448 e. The quantitative estimate of drug-likeness (QED) is 0.397. The van der Waals surface area contributed by atoms with Crippen molar-refractivity contribution in [1.29, 1.82) is 0 Å². The van der Waals surface area contributed by atoms with Crippen LogP contribution in [0.5, 0.6) is 0 Å². The van der Waals surface area contributed by atoms with Gasteiger partial charge in [-0.2, -0.15) is 0 Å². The van der Waals surface area contributed by atoms with E-state index in [-0.39, 0.29) is 10.6 Å². The van der Waals surface area contributed by atoms with E-state index in [1.54, 1.807) is 6.07 Å². The number of nitrogens with one attached hydrogen (secondary N) is 1. The van der Waals surface area contributed by atoms with Gasteiger partial charge in [0.05, 0.1) is 4.92 Å². The maximum atomic E-state index is 12.3. The van der Waals surface area contributed by atoms with Crippen molar-refractivity contribution < 1.29 is 19.2 Å². The molecule has 0 aliphatic heterocycles. The molecular weight excluding hydrogens is 368 g/mol. The van der Waals surface area contributed by atoms with Crippen LogP contribution in [0.25, 0.3) is 10.1 Å². The zero-order valence-electron chi connectivity index (χ0n) is 14.4. The van der Waals surface area contributed by atoms with Crippen molar-refractivity contribution in [3.8, 4) is 0 Å². The molecule has 138 valence electrons. The zero-order chi connectivity index (χ0) is 19.4. The Hall–Kier alpha value is -3.26. The SMILES string of the molecule is C[C@@H](OC(=O)c1cc2cc([N+](=O)[O-])ccc2s1)C(=O)NCc1ccccc1. The smallest absolute Gasteiger partial charge is 0.349 e. The number of nitro groups is 1. The van der Waals surface area contributed by atoms with Gasteiger partial charge < -0.3 is 10.1 Å². The van der Waals surface area contributed by atoms with Crippen LogP contribution in [0.3, 0.4) is 0 Å². The summed E-state index contributed by atoms with van der Waals surface area (Å²) in [5.74, 6) is -1.04. The summed E-state index contributed by atoms with van der Waals surface area (Å²) in [4.78, 5) is 35.0. The van der Waals surface area contributed by atoms with Crippen LogP contribution in [0.15, 0.2) is 54.6 Å². The van der Waals surface area contributed by atoms with E-state index in [1.165, 1.54) is 25.1 Å². The Morgan fingerprint density at radius 2 is 1.93 bits per heavy atom. The molecule has 3 aromatic rings. The molecule has 0 aliphatic rings. The van der Waals surface area contributed by atoms with E-state index >= 15 is 0 Å². The number of hydrogen-bond acceptors (Lipinski definition) is 6. The third-order valence-electron chi connectivity index (χ3n) is 3.87. The van der Waals surface area contributed by atoms with Crippen molar-refractivity contribution in [3.63, 3.8) is 0 Å². The molecule has 2 aromatic carbocycles. The average molecular weight is 384 g/mol. The highest BCUT2D eigenvalue weighted by Gasteiger charge is 2.21. The fourth-order valence-electron chi connectivity index (χ4n) is 2.45. The molecule has 0 unspecified atom stereocenters. The second-order valence-corrected chi connectivity index (χ2v) is 6.92. The van der Waals surface area contributed by atoms with Crippen LogP contribution in [-0.2, 0) is 16.1 Å². The minimum Gasteiger partial charge on any atom is -0.448 e. The van der Waals surface area contributed by atoms with Gasteiger partial charge in [0.2, 0.25) is 0 Å². The van der Waals surface area contributed by atoms with Crippen LogP contribution >= 0.6 is 11.3 Å². The number of benzene rings is 2. The van der Waals surface area contributed by atoms with Crippen LogP contribution in [-0.4, -0.2) is 22.9 Å². The van der Waals surface area contributed by atoms with Gasteiger partial charge in [0, 0.05) is 28.8 Å². The zero-order valence-corrected chi connectivity index (χ0v) is 15.2. The third kappa shape index (κ3) is 4.48. The lowest BCUT2D eigenvalue weighted by atomic mass is 10.2. The number of esters is 1. The molecule has 8 heteroatoms. The molecule has 7 nitrogen and oxygen atoms in total. The lowest BCUT2D eigenvalue weighted by Gasteiger charge is -2.13. The number of fused-ring (bicyclic) bond motifs is 1. The van der Waals surface area contributed by atoms with Crippen LogP contribution in [0.4, 0.5) is 5.69 Å². The highest BCUT2D eigenvalue weighted by atomic mass is 32.1. The van der Waals surface area contributed by atoms with Gasteiger partial charge in [-0.05, 0) is 24.6 Å². The van der Waals surface area contributed by atoms with E-state index in [4.69, 9.17) is 4.74 Å². The number of carbonyl (C=O) groups excluding carboxylic acids is 2. The summed E-state index contributed by atoms with van der Waals surface area (Å²) in [6.45, 7) is 1.84. The minimum atomic E-state index is -0.958. The molecule has 1 aromatic heterocycles. The summed E-state index contributed by atoms with van der Waals surface area (Å²) in [6, 6.07) is 15.3. The predicted octanol–water partition coefficient (Wildman–Crippen LogP) is 3.67. The number of rotatable bonds is 6. The molecule has 3 rings (SSSR count). The summed E-state index contributed by atoms with van der Waals surface area (Å²) in [7, 11) is 0. The molecular formula is C19H16N2O5S. The molecule has 1 amide bonds. The van der Waals surface area contributed by atoms with Crippen LogP contribution < -0.4 is 5.32 Å². The Labute approximate surface area is 158 Å². The second kappa shape index (κ2) is 7.96. The van der Waals surface area contributed by atoms with Crippen molar-refractivity contribution in [2.45, 2.75) is 19.6 Å². The summed E-state index contributed by atoms with van der Waals surface area (Å²) >= 11 is 1.16. The molecule has 0 bridgehead atoms. The van der Waals surface area contributed by atoms with Crippen molar-refractivity contribution in [2.24, 2.45) is 0 Å². The van der Waals surface area contributed by atoms with E-state index in [9.17, 15) is 19.7 Å². The summed E-state index contributed by atoms with van der Waals surface area (Å²) in [5, 5.41) is 14.1. The number of nitrogens with zero attached hydrogens (tertiary/aromatic N) is 1. The first-order valence-electron chi connectivity index (χ1n) is 8.14. The van der Waals surface area contributed by atoms with Gasteiger partial charge in [0.25, 0.3) is 11.6 Å². The van der Waals surface area contributed by atoms with Crippen LogP contribution in [0.1, 0.15) is 22.2 Å². The molecule has 0 radical (unpaired) electrons. The van der Waals surface area contributed by atoms with Gasteiger partial charge in [-0.1, -0.05) is 30.3 Å². The Bertz CT molecular complexity index is 1000. The first-order valence-corrected chi connectivity index (χ1v) is 8.96. The summed E-state index contributed by atoms with van der Waals surface area (Å²) in [5.41, 5.74) is 0.893. The number of hydrogen-bond donors (Lipinski definition) is 1. The number of amides is 1. The number of nitro benzene ring substituents is 1. The topological polar surface area (TPSA) is 98.5 Å². The molecule has 0 fully saturated rings. The third-order valence-corrected chi connectivity index (χ3v) is 4.97. The fraction of sp³-hybridized carbons (Fsp3) is 0.158. The lowest BCUT2D eigenvalue weighted by molar-refractivity contribution is -0.384. The van der Waals surface area contributed by atoms with E-state index < -0.39 is 22.9 Å². The second-order valence-electron chi connectivity index (χ2n) is 5.84. The predicted molar refractivity (Wildman–Crippen MR) is 102 cm³/mol. The van der Waals surface area contributed by atoms with E-state index in [0.717, 1.165) is 21.6 Å². The monoisotopic (exact) mass is 384 g/mol. The fourth-order valence-corrected chi connectivity index (χ4v) is 3.37. The normalized spacial score (nSPS) is 11.7. The molecule has 0 saturated carbocycles. The van der Waals surface area contributed by atoms with Gasteiger partial charge in [-0.15, -0.1) is 11.3 Å². The molecule has 0 saturated heterocycles. The summed E-state index contributed by atoms with van der Waals surface area (Å²) < 4.78 is 5.95. The van der Waals surface area contributed by atoms with Crippen molar-refractivity contribution in [3.05, 3.63) is 75.2 Å². The van der Waals surface area contributed by atoms with Crippen LogP contribution in [0, 0.1) is 10.1 Å². The van der Waals surface area contributed by atoms with Gasteiger partial charge in [0.1, 0.15) is 4.88 Å². The van der Waals surface area contributed by atoms with Gasteiger partial charge in [-0.25, -0.2) is 4.79 Å². The van der Waals surface area contributed by atoms with E-state index in [0.29, 0.717) is 11.9 Å². The van der Waals surface area contributed by atoms with Gasteiger partial charge in [-0.3, -0.25) is 14.9 Å². The first kappa shape index (κ1) is 18.5. The Morgan fingerprint density at radius 1 is 1.19 bits per heavy atom. The standard InChI is InChI=1S/C19H16N2O5S/c1-12(18(22)20-11-13-5-3-2-4-6-13)26-19(23)17-10-14-9-15(21(24)25)7-8-16(14)27-17/h2-10,12H,11H2,1H3,(H,20,22)/t12-/m1/s1. The van der Waals surface area contributed by atoms with Crippen molar-refractivity contribution in [2.75, 3.05) is 0 Å². The summed E-state index contributed by atoms with van der Waals surface area (Å²) in [6.07, 6.45) is -0.958. The van der Waals surface area contributed by atoms with Crippen molar-refractivity contribution in [1.82, 2.24) is 5.32 Å². The number of carbonyl (C=O) groups is 2. The highest BCUT2D eigenvalue weighted by molar-refractivity contribution is 7.20. The minimum absolute atomic E-state index is 0.0473. The molecule has 0 spiro atoms. The Morgan fingerprint density at radius 3 is 2.63 bits per heavy atom. The molecule has 27 heavy (non-hydrogen) atoms. The maximum Gasteiger partial charge on any atom is 0.349 e. The average Bonchev–Trinajstić information content (AvgIpc) is 3.10.